The maximum Gasteiger partial charge on any atom is 0.366 e. The lowest BCUT2D eigenvalue weighted by Gasteiger charge is -2.47. The lowest BCUT2D eigenvalue weighted by molar-refractivity contribution is -0.311. The van der Waals surface area contributed by atoms with E-state index in [9.17, 15) is 69.0 Å². The molecule has 2 aliphatic heterocycles. The topological polar surface area (TPSA) is 490 Å². The van der Waals surface area contributed by atoms with E-state index in [1.165, 1.54) is 55.6 Å². The third kappa shape index (κ3) is 31.1. The van der Waals surface area contributed by atoms with Gasteiger partial charge in [0.25, 0.3) is 35.2 Å². The van der Waals surface area contributed by atoms with Gasteiger partial charge >= 0.3 is 11.9 Å². The summed E-state index contributed by atoms with van der Waals surface area (Å²) in [4.78, 5) is 108. The van der Waals surface area contributed by atoms with Gasteiger partial charge in [-0.1, -0.05) is 90.0 Å². The number of rotatable bonds is 53. The standard InChI is InChI=1S/C80H107N9O26S2/c1-52(90)87-67-62(92)48-79(77(102)104-3,114-71(67)69(96)64(94)50-84-73(98)58-21-17-56(18-22-58)54-13-7-5-8-14-54)112-30-11-43-116-45-28-82-75(100)60-25-26-61(66(47-60)111-42-41-110-40-39-109-38-37-108-36-35-107-34-33-106-32-27-86-89-81)76(101)83-29-46-117-44-12-31-113-80(78(103)105-4)49-63(93)68(88-53(2)91)72(115-80)70(97)65(95)51-85-74(99)59-23-19-57(20-24-59)55-15-9-6-10-16-55/h5-10,13-26,47,62-65,67-72,92-97H,11-12,27-46,48-51H2,1-4H3,(H,82,100)(H,83,101)(H,84,98)(H,85,99)(H,87,90)(H,88,91)/t62-,63-,64+,65+,67+,68+,69?,70?,71+,72+,79+,80+/m0/s1. The molecule has 0 spiro atoms. The highest BCUT2D eigenvalue weighted by molar-refractivity contribution is 7.99. The second-order valence-corrected chi connectivity index (χ2v) is 29.2. The highest BCUT2D eigenvalue weighted by Gasteiger charge is 2.58. The number of amides is 6. The van der Waals surface area contributed by atoms with Crippen molar-refractivity contribution >= 4 is 70.9 Å². The van der Waals surface area contributed by atoms with Crippen LogP contribution in [0.15, 0.2) is 133 Å². The minimum Gasteiger partial charge on any atom is -0.490 e. The summed E-state index contributed by atoms with van der Waals surface area (Å²) in [5, 5.41) is 87.7. The summed E-state index contributed by atoms with van der Waals surface area (Å²) in [6.07, 6.45) is -14.2. The molecular weight excluding hydrogens is 1570 g/mol. The number of azide groups is 1. The molecule has 117 heavy (non-hydrogen) atoms. The number of aliphatic hydroxyl groups is 6. The monoisotopic (exact) mass is 1670 g/mol. The zero-order valence-corrected chi connectivity index (χ0v) is 67.4. The Kier molecular flexibility index (Phi) is 41.8. The van der Waals surface area contributed by atoms with E-state index in [2.05, 4.69) is 41.9 Å². The number of ether oxygens (including phenoxy) is 12. The molecule has 0 aromatic heterocycles. The molecule has 2 heterocycles. The first-order valence-corrected chi connectivity index (χ1v) is 40.5. The third-order valence-corrected chi connectivity index (χ3v) is 20.4. The van der Waals surface area contributed by atoms with Gasteiger partial charge in [-0.25, -0.2) is 9.59 Å². The Balaban J connectivity index is 0.875. The predicted octanol–water partition coefficient (Wildman–Crippen LogP) is 2.88. The summed E-state index contributed by atoms with van der Waals surface area (Å²) < 4.78 is 68.0. The van der Waals surface area contributed by atoms with Crippen LogP contribution in [0.4, 0.5) is 0 Å². The normalized spacial score (nSPS) is 20.1. The molecule has 6 amide bonds. The predicted molar refractivity (Wildman–Crippen MR) is 429 cm³/mol. The van der Waals surface area contributed by atoms with Crippen molar-refractivity contribution < 1.29 is 126 Å². The van der Waals surface area contributed by atoms with Crippen LogP contribution < -0.4 is 36.6 Å². The molecule has 2 fully saturated rings. The van der Waals surface area contributed by atoms with Gasteiger partial charge in [-0.3, -0.25) is 28.8 Å². The number of thioether (sulfide) groups is 2. The lowest BCUT2D eigenvalue weighted by Crippen LogP contribution is -2.68. The van der Waals surface area contributed by atoms with Crippen LogP contribution in [0, 0.1) is 0 Å². The number of nitrogens with one attached hydrogen (secondary N) is 6. The Labute approximate surface area is 686 Å². The van der Waals surface area contributed by atoms with Gasteiger partial charge < -0.3 is 119 Å². The van der Waals surface area contributed by atoms with Crippen LogP contribution in [0.5, 0.6) is 5.75 Å². The van der Waals surface area contributed by atoms with Crippen LogP contribution >= 0.6 is 23.5 Å². The van der Waals surface area contributed by atoms with Crippen molar-refractivity contribution in [3.05, 3.63) is 160 Å². The number of carbonyl (C=O) groups excluding carboxylic acids is 8. The Hall–Kier alpha value is -8.93. The fourth-order valence-corrected chi connectivity index (χ4v) is 13.9. The number of carbonyl (C=O) groups is 8. The number of hydrogen-bond donors (Lipinski definition) is 12. The van der Waals surface area contributed by atoms with Crippen LogP contribution in [0.2, 0.25) is 0 Å². The largest absolute Gasteiger partial charge is 0.490 e. The fourth-order valence-electron chi connectivity index (χ4n) is 12.3. The molecule has 0 saturated carbocycles. The molecule has 12 atom stereocenters. The van der Waals surface area contributed by atoms with E-state index >= 15 is 0 Å². The van der Waals surface area contributed by atoms with Gasteiger partial charge in [-0.15, -0.1) is 0 Å². The summed E-state index contributed by atoms with van der Waals surface area (Å²) in [6.45, 7) is 4.50. The second kappa shape index (κ2) is 51.4. The molecule has 640 valence electrons. The fraction of sp³-hybridized carbons (Fsp3) is 0.525. The number of nitrogens with zero attached hydrogens (tertiary/aromatic N) is 3. The van der Waals surface area contributed by atoms with Crippen molar-refractivity contribution in [2.45, 2.75) is 112 Å². The molecule has 5 aromatic carbocycles. The van der Waals surface area contributed by atoms with Gasteiger partial charge in [0, 0.05) is 92.5 Å². The van der Waals surface area contributed by atoms with Crippen LogP contribution in [-0.2, 0) is 71.3 Å². The van der Waals surface area contributed by atoms with E-state index in [1.807, 2.05) is 60.7 Å². The zero-order valence-electron chi connectivity index (χ0n) is 65.8. The average molecular weight is 1670 g/mol. The maximum atomic E-state index is 13.9. The van der Waals surface area contributed by atoms with Crippen molar-refractivity contribution in [2.75, 3.05) is 156 Å². The van der Waals surface area contributed by atoms with Crippen molar-refractivity contribution in [1.82, 2.24) is 31.9 Å². The molecule has 2 aliphatic rings. The van der Waals surface area contributed by atoms with Gasteiger partial charge in [0.05, 0.1) is 136 Å². The van der Waals surface area contributed by atoms with Gasteiger partial charge in [-0.2, -0.15) is 23.5 Å². The van der Waals surface area contributed by atoms with Crippen molar-refractivity contribution in [3.63, 3.8) is 0 Å². The number of hydrogen-bond acceptors (Lipinski definition) is 29. The molecule has 2 unspecified atom stereocenters. The molecule has 12 N–H and O–H groups in total. The van der Waals surface area contributed by atoms with E-state index < -0.39 is 146 Å². The molecule has 0 radical (unpaired) electrons. The summed E-state index contributed by atoms with van der Waals surface area (Å²) in [6, 6.07) is 34.2. The van der Waals surface area contributed by atoms with Crippen LogP contribution in [-0.4, -0.2) is 306 Å². The smallest absolute Gasteiger partial charge is 0.366 e. The molecule has 0 bridgehead atoms. The van der Waals surface area contributed by atoms with Crippen molar-refractivity contribution in [2.24, 2.45) is 5.11 Å². The van der Waals surface area contributed by atoms with E-state index in [0.717, 1.165) is 36.5 Å². The van der Waals surface area contributed by atoms with Crippen LogP contribution in [0.25, 0.3) is 32.7 Å². The highest BCUT2D eigenvalue weighted by atomic mass is 32.2. The molecule has 37 heteroatoms. The van der Waals surface area contributed by atoms with E-state index in [0.29, 0.717) is 82.1 Å². The SMILES string of the molecule is COC(=O)[C@@]1(OCCCSCCNC(=O)c2ccc(C(=O)NCCSCCCO[C@]3(C(=O)OC)C[C@H](O)[C@@H](NC(C)=O)[C@H](C(O)[C@H](O)CNC(=O)c4ccc(-c5ccccc5)cc4)O3)c(OCCOCCOCCOCCOCCOCCN=[N+]=[N-])c2)C[C@H](O)[C@@H](NC(C)=O)[C@H](C(O)[C@H](O)CNC(=O)c2ccc(-c3ccccc3)cc2)O1. The van der Waals surface area contributed by atoms with Gasteiger partial charge in [0.2, 0.25) is 11.8 Å². The van der Waals surface area contributed by atoms with Crippen LogP contribution in [0.1, 0.15) is 81.0 Å². The quantitative estimate of drug-likeness (QED) is 0.00875. The average Bonchev–Trinajstić information content (AvgIpc) is 0.770. The number of benzene rings is 5. The third-order valence-electron chi connectivity index (χ3n) is 18.3. The van der Waals surface area contributed by atoms with Crippen LogP contribution in [0.3, 0.4) is 0 Å². The van der Waals surface area contributed by atoms with E-state index in [4.69, 9.17) is 62.4 Å². The summed E-state index contributed by atoms with van der Waals surface area (Å²) in [7, 11) is 2.14. The summed E-state index contributed by atoms with van der Waals surface area (Å²) in [5.41, 5.74) is 12.8. The molecule has 7 rings (SSSR count). The Morgan fingerprint density at radius 1 is 0.487 bits per heavy atom. The lowest BCUT2D eigenvalue weighted by atomic mass is 9.88. The second-order valence-electron chi connectivity index (χ2n) is 26.8. The first-order chi connectivity index (χ1) is 56.5. The van der Waals surface area contributed by atoms with Crippen molar-refractivity contribution in [3.8, 4) is 28.0 Å². The van der Waals surface area contributed by atoms with E-state index in [1.54, 1.807) is 48.5 Å². The number of esters is 2. The zero-order chi connectivity index (χ0) is 84.4. The Bertz CT molecular complexity index is 3940. The summed E-state index contributed by atoms with van der Waals surface area (Å²) >= 11 is 2.85. The van der Waals surface area contributed by atoms with Gasteiger partial charge in [-0.05, 0) is 94.6 Å². The molecule has 2 saturated heterocycles. The summed E-state index contributed by atoms with van der Waals surface area (Å²) in [5.74, 6) is -8.36. The Morgan fingerprint density at radius 2 is 0.863 bits per heavy atom. The van der Waals surface area contributed by atoms with Gasteiger partial charge in [0.15, 0.2) is 0 Å². The first kappa shape index (κ1) is 95.2. The minimum absolute atomic E-state index is 0.0256. The maximum absolute atomic E-state index is 13.9. The number of methoxy groups -OCH3 is 2. The van der Waals surface area contributed by atoms with E-state index in [-0.39, 0.29) is 87.3 Å². The minimum atomic E-state index is -2.31. The molecule has 0 aliphatic carbocycles. The molecular formula is C80H107N9O26S2. The van der Waals surface area contributed by atoms with Gasteiger partial charge in [0.1, 0.15) is 36.8 Å². The highest BCUT2D eigenvalue weighted by Crippen LogP contribution is 2.37. The molecule has 5 aromatic rings. The number of aliphatic hydroxyl groups excluding tert-OH is 6. The molecule has 35 nitrogen and oxygen atoms in total. The van der Waals surface area contributed by atoms with Crippen molar-refractivity contribution in [1.29, 1.82) is 0 Å². The first-order valence-electron chi connectivity index (χ1n) is 38.2. The Morgan fingerprint density at radius 3 is 1.26 bits per heavy atom.